The first-order valence-corrected chi connectivity index (χ1v) is 9.44. The highest BCUT2D eigenvalue weighted by molar-refractivity contribution is 6.04. The van der Waals surface area contributed by atoms with E-state index in [1.165, 1.54) is 0 Å². The minimum atomic E-state index is -0.411. The van der Waals surface area contributed by atoms with Crippen LogP contribution in [0.3, 0.4) is 0 Å². The van der Waals surface area contributed by atoms with Gasteiger partial charge >= 0.3 is 0 Å². The molecule has 0 amide bonds. The van der Waals surface area contributed by atoms with Crippen molar-refractivity contribution in [1.29, 1.82) is 0 Å². The van der Waals surface area contributed by atoms with E-state index in [4.69, 9.17) is 4.74 Å². The van der Waals surface area contributed by atoms with Gasteiger partial charge < -0.3 is 4.74 Å². The number of nitrogens with one attached hydrogen (secondary N) is 1. The van der Waals surface area contributed by atoms with Crippen molar-refractivity contribution in [3.05, 3.63) is 82.7 Å². The minimum absolute atomic E-state index is 0.0217. The molecule has 1 atom stereocenters. The molecular weight excluding hydrogens is 352 g/mol. The first-order valence-electron chi connectivity index (χ1n) is 9.44. The first-order chi connectivity index (χ1) is 13.5. The molecule has 1 unspecified atom stereocenters. The number of aromatic nitrogens is 2. The monoisotopic (exact) mass is 374 g/mol. The highest BCUT2D eigenvalue weighted by atomic mass is 16.5. The van der Waals surface area contributed by atoms with Crippen LogP contribution in [0.5, 0.6) is 5.75 Å². The minimum Gasteiger partial charge on any atom is -0.491 e. The number of ether oxygens (including phenoxy) is 1. The highest BCUT2D eigenvalue weighted by Crippen LogP contribution is 2.46. The van der Waals surface area contributed by atoms with E-state index in [1.54, 1.807) is 18.5 Å². The Morgan fingerprint density at radius 3 is 2.64 bits per heavy atom. The Balaban J connectivity index is 1.83. The van der Waals surface area contributed by atoms with Crippen molar-refractivity contribution in [3.63, 3.8) is 0 Å². The lowest BCUT2D eigenvalue weighted by Crippen LogP contribution is -2.25. The van der Waals surface area contributed by atoms with E-state index in [1.807, 2.05) is 31.2 Å². The number of fused-ring (bicyclic) bond motifs is 1. The number of Topliss-reactive ketones (excluding diaryl/α,β-unsaturated/α-hetero) is 2. The number of H-pyrrole nitrogens is 1. The Labute approximate surface area is 163 Å². The maximum atomic E-state index is 12.9. The molecule has 28 heavy (non-hydrogen) atoms. The molecule has 1 aliphatic rings. The summed E-state index contributed by atoms with van der Waals surface area (Å²) < 4.78 is 6.02. The summed E-state index contributed by atoms with van der Waals surface area (Å²) in [5.74, 6) is 0.543. The van der Waals surface area contributed by atoms with Gasteiger partial charge in [0.1, 0.15) is 12.4 Å². The van der Waals surface area contributed by atoms with Crippen molar-refractivity contribution in [2.45, 2.75) is 32.1 Å². The summed E-state index contributed by atoms with van der Waals surface area (Å²) in [6.07, 6.45) is 3.94. The van der Waals surface area contributed by atoms with Crippen molar-refractivity contribution in [3.8, 4) is 5.75 Å². The van der Waals surface area contributed by atoms with E-state index in [9.17, 15) is 9.59 Å². The molecule has 2 heterocycles. The molecule has 0 saturated carbocycles. The van der Waals surface area contributed by atoms with Gasteiger partial charge in [-0.25, -0.2) is 0 Å². The van der Waals surface area contributed by atoms with Crippen molar-refractivity contribution < 1.29 is 14.3 Å². The molecule has 142 valence electrons. The van der Waals surface area contributed by atoms with Gasteiger partial charge in [-0.05, 0) is 30.2 Å². The Bertz CT molecular complexity index is 1030. The number of rotatable bonds is 6. The zero-order valence-corrected chi connectivity index (χ0v) is 16.0. The summed E-state index contributed by atoms with van der Waals surface area (Å²) in [6.45, 7) is 4.36. The van der Waals surface area contributed by atoms with Crippen LogP contribution in [-0.2, 0) is 11.8 Å². The number of carbonyl (C=O) groups is 2. The van der Waals surface area contributed by atoms with Crippen LogP contribution in [-0.4, -0.2) is 28.4 Å². The van der Waals surface area contributed by atoms with E-state index in [0.717, 1.165) is 16.7 Å². The Hall–Kier alpha value is -3.21. The molecular formula is C23H22N2O3. The van der Waals surface area contributed by atoms with Gasteiger partial charge in [0.25, 0.3) is 0 Å². The van der Waals surface area contributed by atoms with Gasteiger partial charge in [0.05, 0.1) is 17.2 Å². The van der Waals surface area contributed by atoms with Crippen molar-refractivity contribution in [2.24, 2.45) is 0 Å². The summed E-state index contributed by atoms with van der Waals surface area (Å²) in [5.41, 5.74) is 3.43. The zero-order chi connectivity index (χ0) is 19.7. The Morgan fingerprint density at radius 2 is 1.96 bits per heavy atom. The molecule has 0 bridgehead atoms. The summed E-state index contributed by atoms with van der Waals surface area (Å²) in [7, 11) is 0. The second-order valence-electron chi connectivity index (χ2n) is 7.37. The molecule has 2 aromatic carbocycles. The average molecular weight is 374 g/mol. The molecule has 0 spiro atoms. The lowest BCUT2D eigenvalue weighted by molar-refractivity contribution is 0.0984. The molecule has 3 aromatic rings. The van der Waals surface area contributed by atoms with E-state index in [-0.39, 0.29) is 18.0 Å². The molecule has 0 fully saturated rings. The second-order valence-corrected chi connectivity index (χ2v) is 7.37. The van der Waals surface area contributed by atoms with Crippen LogP contribution in [0.25, 0.3) is 0 Å². The zero-order valence-electron chi connectivity index (χ0n) is 16.0. The summed E-state index contributed by atoms with van der Waals surface area (Å²) >= 11 is 0. The summed E-state index contributed by atoms with van der Waals surface area (Å²) in [4.78, 5) is 25.5. The van der Waals surface area contributed by atoms with Gasteiger partial charge in [0, 0.05) is 30.2 Å². The van der Waals surface area contributed by atoms with Crippen molar-refractivity contribution >= 4 is 11.6 Å². The maximum absolute atomic E-state index is 12.9. The molecule has 5 heteroatoms. The average Bonchev–Trinajstić information content (AvgIpc) is 3.36. The lowest BCUT2D eigenvalue weighted by atomic mass is 9.76. The van der Waals surface area contributed by atoms with E-state index in [0.29, 0.717) is 29.9 Å². The summed E-state index contributed by atoms with van der Waals surface area (Å²) in [6, 6.07) is 13.6. The van der Waals surface area contributed by atoms with E-state index >= 15 is 0 Å². The van der Waals surface area contributed by atoms with Gasteiger partial charge in [0.2, 0.25) is 0 Å². The maximum Gasteiger partial charge on any atom is 0.167 e. The number of hydrogen-bond donors (Lipinski definition) is 1. The second kappa shape index (κ2) is 7.08. The van der Waals surface area contributed by atoms with Crippen molar-refractivity contribution in [1.82, 2.24) is 10.2 Å². The third-order valence-corrected chi connectivity index (χ3v) is 5.46. The predicted molar refractivity (Wildman–Crippen MR) is 106 cm³/mol. The van der Waals surface area contributed by atoms with Crippen LogP contribution in [0.1, 0.15) is 57.7 Å². The predicted octanol–water partition coefficient (Wildman–Crippen LogP) is 4.13. The third kappa shape index (κ3) is 3.03. The molecule has 5 nitrogen and oxygen atoms in total. The lowest BCUT2D eigenvalue weighted by Gasteiger charge is -2.24. The Kier molecular flexibility index (Phi) is 4.59. The topological polar surface area (TPSA) is 72.0 Å². The SMILES string of the molecule is CCC(=O)c1cc(C(=O)Cc2cn[nH]c2)cc2c1OCC2(C)c1ccccc1. The Morgan fingerprint density at radius 1 is 1.18 bits per heavy atom. The van der Waals surface area contributed by atoms with Crippen LogP contribution in [0.2, 0.25) is 0 Å². The number of hydrogen-bond acceptors (Lipinski definition) is 4. The van der Waals surface area contributed by atoms with Gasteiger partial charge in [-0.1, -0.05) is 37.3 Å². The largest absolute Gasteiger partial charge is 0.491 e. The molecule has 1 N–H and O–H groups in total. The molecule has 1 aliphatic heterocycles. The third-order valence-electron chi connectivity index (χ3n) is 5.46. The van der Waals surface area contributed by atoms with Gasteiger partial charge in [-0.15, -0.1) is 0 Å². The fraction of sp³-hybridized carbons (Fsp3) is 0.261. The number of aromatic amines is 1. The first kappa shape index (κ1) is 18.2. The highest BCUT2D eigenvalue weighted by Gasteiger charge is 2.40. The smallest absolute Gasteiger partial charge is 0.167 e. The van der Waals surface area contributed by atoms with Crippen LogP contribution in [0.4, 0.5) is 0 Å². The molecule has 4 rings (SSSR count). The number of nitrogens with zero attached hydrogens (tertiary/aromatic N) is 1. The number of carbonyl (C=O) groups excluding carboxylic acids is 2. The van der Waals surface area contributed by atoms with Crippen molar-refractivity contribution in [2.75, 3.05) is 6.61 Å². The van der Waals surface area contributed by atoms with Gasteiger partial charge in [-0.2, -0.15) is 5.10 Å². The molecule has 0 aliphatic carbocycles. The van der Waals surface area contributed by atoms with Crippen LogP contribution >= 0.6 is 0 Å². The summed E-state index contributed by atoms with van der Waals surface area (Å²) in [5, 5.41) is 6.62. The van der Waals surface area contributed by atoms with E-state index in [2.05, 4.69) is 29.3 Å². The van der Waals surface area contributed by atoms with Gasteiger partial charge in [0.15, 0.2) is 11.6 Å². The molecule has 1 aromatic heterocycles. The number of ketones is 2. The molecule has 0 saturated heterocycles. The standard InChI is InChI=1S/C23H22N2O3/c1-3-20(26)18-10-16(21(27)9-15-12-24-25-13-15)11-19-22(18)28-14-23(19,2)17-7-5-4-6-8-17/h4-8,10-13H,3,9,14H2,1-2H3,(H,24,25). The van der Waals surface area contributed by atoms with Crippen LogP contribution in [0.15, 0.2) is 54.9 Å². The molecule has 0 radical (unpaired) electrons. The normalized spacial score (nSPS) is 17.8. The number of benzene rings is 2. The quantitative estimate of drug-likeness (QED) is 0.659. The van der Waals surface area contributed by atoms with Gasteiger partial charge in [-0.3, -0.25) is 14.7 Å². The fourth-order valence-electron chi connectivity index (χ4n) is 3.75. The van der Waals surface area contributed by atoms with Crippen LogP contribution in [0, 0.1) is 0 Å². The fourth-order valence-corrected chi connectivity index (χ4v) is 3.75. The van der Waals surface area contributed by atoms with E-state index < -0.39 is 5.41 Å². The van der Waals surface area contributed by atoms with Crippen LogP contribution < -0.4 is 4.74 Å².